The summed E-state index contributed by atoms with van der Waals surface area (Å²) in [4.78, 5) is 26.8. The number of rotatable bonds is 6. The monoisotopic (exact) mass is 283 g/mol. The van der Waals surface area contributed by atoms with Gasteiger partial charge in [-0.2, -0.15) is 0 Å². The highest BCUT2D eigenvalue weighted by Crippen LogP contribution is 2.29. The molecule has 2 rings (SSSR count). The Labute approximate surface area is 120 Å². The van der Waals surface area contributed by atoms with Gasteiger partial charge in [-0.25, -0.2) is 4.79 Å². The maximum atomic E-state index is 12.0. The predicted molar refractivity (Wildman–Crippen MR) is 75.6 cm³/mol. The van der Waals surface area contributed by atoms with Gasteiger partial charge in [0.05, 0.1) is 0 Å². The lowest BCUT2D eigenvalue weighted by atomic mass is 10.1. The number of carbonyl (C=O) groups is 2. The van der Waals surface area contributed by atoms with Crippen LogP contribution in [0.25, 0.3) is 0 Å². The number of amides is 2. The molecule has 1 aliphatic heterocycles. The van der Waals surface area contributed by atoms with E-state index in [2.05, 4.69) is 10.2 Å². The van der Waals surface area contributed by atoms with Gasteiger partial charge in [-0.3, -0.25) is 9.69 Å². The summed E-state index contributed by atoms with van der Waals surface area (Å²) in [5, 5.41) is 11.5. The van der Waals surface area contributed by atoms with Crippen LogP contribution in [0, 0.1) is 11.8 Å². The summed E-state index contributed by atoms with van der Waals surface area (Å²) in [6, 6.07) is -0.0617. The molecule has 0 aromatic carbocycles. The van der Waals surface area contributed by atoms with E-state index in [1.165, 1.54) is 19.4 Å². The van der Waals surface area contributed by atoms with E-state index in [0.29, 0.717) is 6.54 Å². The molecule has 0 radical (unpaired) electrons. The van der Waals surface area contributed by atoms with E-state index in [1.807, 2.05) is 11.8 Å². The number of urea groups is 1. The van der Waals surface area contributed by atoms with Crippen LogP contribution in [-0.4, -0.2) is 66.2 Å². The molecule has 2 N–H and O–H groups in total. The van der Waals surface area contributed by atoms with Gasteiger partial charge in [-0.05, 0) is 24.7 Å². The van der Waals surface area contributed by atoms with Gasteiger partial charge in [-0.15, -0.1) is 0 Å². The highest BCUT2D eigenvalue weighted by molar-refractivity contribution is 5.74. The van der Waals surface area contributed by atoms with E-state index in [1.54, 1.807) is 0 Å². The van der Waals surface area contributed by atoms with Gasteiger partial charge in [0.25, 0.3) is 0 Å². The molecule has 0 aromatic rings. The lowest BCUT2D eigenvalue weighted by Gasteiger charge is -2.34. The van der Waals surface area contributed by atoms with E-state index < -0.39 is 5.97 Å². The molecule has 1 atom stereocenters. The highest BCUT2D eigenvalue weighted by Gasteiger charge is 2.27. The molecule has 2 aliphatic rings. The molecule has 1 saturated carbocycles. The zero-order valence-electron chi connectivity index (χ0n) is 12.2. The van der Waals surface area contributed by atoms with Crippen molar-refractivity contribution in [2.75, 3.05) is 39.3 Å². The third-order valence-electron chi connectivity index (χ3n) is 4.00. The number of carboxylic acid groups (broad SMARTS) is 1. The molecule has 0 aromatic heterocycles. The van der Waals surface area contributed by atoms with Gasteiger partial charge in [0, 0.05) is 45.7 Å². The van der Waals surface area contributed by atoms with Crippen LogP contribution in [0.3, 0.4) is 0 Å². The van der Waals surface area contributed by atoms with Gasteiger partial charge in [0.1, 0.15) is 0 Å². The first-order chi connectivity index (χ1) is 9.54. The average molecular weight is 283 g/mol. The van der Waals surface area contributed by atoms with Crippen molar-refractivity contribution in [2.24, 2.45) is 11.8 Å². The number of hydrogen-bond donors (Lipinski definition) is 2. The standard InChI is InChI=1S/C14H25N3O3/c1-11(8-13(18)19)9-15-14(20)17-6-4-16(5-7-17)10-12-2-3-12/h11-12H,2-10H2,1H3,(H,15,20)(H,18,19). The number of nitrogens with zero attached hydrogens (tertiary/aromatic N) is 2. The van der Waals surface area contributed by atoms with Crippen molar-refractivity contribution in [1.29, 1.82) is 0 Å². The normalized spacial score (nSPS) is 21.6. The largest absolute Gasteiger partial charge is 0.481 e. The minimum atomic E-state index is -0.819. The summed E-state index contributed by atoms with van der Waals surface area (Å²) in [7, 11) is 0. The van der Waals surface area contributed by atoms with Crippen LogP contribution >= 0.6 is 0 Å². The molecule has 1 unspecified atom stereocenters. The minimum Gasteiger partial charge on any atom is -0.481 e. The van der Waals surface area contributed by atoms with Crippen molar-refractivity contribution < 1.29 is 14.7 Å². The summed E-state index contributed by atoms with van der Waals surface area (Å²) in [6.45, 7) is 6.89. The summed E-state index contributed by atoms with van der Waals surface area (Å²) in [5.41, 5.74) is 0. The maximum Gasteiger partial charge on any atom is 0.317 e. The smallest absolute Gasteiger partial charge is 0.317 e. The van der Waals surface area contributed by atoms with E-state index >= 15 is 0 Å². The van der Waals surface area contributed by atoms with Gasteiger partial charge in [0.2, 0.25) is 0 Å². The Morgan fingerprint density at radius 1 is 1.25 bits per heavy atom. The average Bonchev–Trinajstić information content (AvgIpc) is 3.20. The Balaban J connectivity index is 1.62. The molecule has 2 fully saturated rings. The Morgan fingerprint density at radius 2 is 1.90 bits per heavy atom. The lowest BCUT2D eigenvalue weighted by molar-refractivity contribution is -0.137. The van der Waals surface area contributed by atoms with Crippen LogP contribution in [0.15, 0.2) is 0 Å². The maximum absolute atomic E-state index is 12.0. The van der Waals surface area contributed by atoms with Crippen molar-refractivity contribution in [3.8, 4) is 0 Å². The van der Waals surface area contributed by atoms with Crippen molar-refractivity contribution >= 4 is 12.0 Å². The fraction of sp³-hybridized carbons (Fsp3) is 0.857. The molecule has 0 spiro atoms. The van der Waals surface area contributed by atoms with Crippen molar-refractivity contribution in [2.45, 2.75) is 26.2 Å². The van der Waals surface area contributed by atoms with Crippen LogP contribution < -0.4 is 5.32 Å². The third kappa shape index (κ3) is 5.00. The second-order valence-corrected chi connectivity index (χ2v) is 6.12. The first kappa shape index (κ1) is 15.1. The first-order valence-electron chi connectivity index (χ1n) is 7.51. The number of hydrogen-bond acceptors (Lipinski definition) is 3. The van der Waals surface area contributed by atoms with E-state index in [-0.39, 0.29) is 18.4 Å². The summed E-state index contributed by atoms with van der Waals surface area (Å²) in [6.07, 6.45) is 2.82. The summed E-state index contributed by atoms with van der Waals surface area (Å²) < 4.78 is 0. The van der Waals surface area contributed by atoms with Gasteiger partial charge in [-0.1, -0.05) is 6.92 Å². The van der Waals surface area contributed by atoms with Crippen molar-refractivity contribution in [1.82, 2.24) is 15.1 Å². The summed E-state index contributed by atoms with van der Waals surface area (Å²) in [5.74, 6) is 0.0419. The SMILES string of the molecule is CC(CNC(=O)N1CCN(CC2CC2)CC1)CC(=O)O. The second kappa shape index (κ2) is 6.92. The van der Waals surface area contributed by atoms with E-state index in [4.69, 9.17) is 5.11 Å². The molecule has 1 heterocycles. The van der Waals surface area contributed by atoms with Crippen molar-refractivity contribution in [3.05, 3.63) is 0 Å². The van der Waals surface area contributed by atoms with Gasteiger partial charge < -0.3 is 15.3 Å². The molecular formula is C14H25N3O3. The summed E-state index contributed by atoms with van der Waals surface area (Å²) >= 11 is 0. The van der Waals surface area contributed by atoms with Crippen LogP contribution in [0.4, 0.5) is 4.79 Å². The molecule has 1 saturated heterocycles. The minimum absolute atomic E-state index is 0.0346. The topological polar surface area (TPSA) is 72.9 Å². The predicted octanol–water partition coefficient (Wildman–Crippen LogP) is 0.834. The van der Waals surface area contributed by atoms with Crippen LogP contribution in [-0.2, 0) is 4.79 Å². The van der Waals surface area contributed by atoms with Gasteiger partial charge >= 0.3 is 12.0 Å². The fourth-order valence-electron chi connectivity index (χ4n) is 2.54. The van der Waals surface area contributed by atoms with Crippen LogP contribution in [0.5, 0.6) is 0 Å². The Bertz CT molecular complexity index is 350. The number of nitrogens with one attached hydrogen (secondary N) is 1. The number of carboxylic acids is 1. The van der Waals surface area contributed by atoms with Crippen LogP contribution in [0.2, 0.25) is 0 Å². The molecule has 114 valence electrons. The molecule has 6 nitrogen and oxygen atoms in total. The number of aliphatic carboxylic acids is 1. The molecule has 0 bridgehead atoms. The zero-order chi connectivity index (χ0) is 14.5. The Hall–Kier alpha value is -1.30. The molecule has 1 aliphatic carbocycles. The Kier molecular flexibility index (Phi) is 5.23. The van der Waals surface area contributed by atoms with Gasteiger partial charge in [0.15, 0.2) is 0 Å². The first-order valence-corrected chi connectivity index (χ1v) is 7.51. The zero-order valence-corrected chi connectivity index (χ0v) is 12.2. The second-order valence-electron chi connectivity index (χ2n) is 6.12. The molecular weight excluding hydrogens is 258 g/mol. The fourth-order valence-corrected chi connectivity index (χ4v) is 2.54. The van der Waals surface area contributed by atoms with E-state index in [9.17, 15) is 9.59 Å². The van der Waals surface area contributed by atoms with Crippen molar-refractivity contribution in [3.63, 3.8) is 0 Å². The lowest BCUT2D eigenvalue weighted by Crippen LogP contribution is -2.52. The molecule has 2 amide bonds. The highest BCUT2D eigenvalue weighted by atomic mass is 16.4. The number of carbonyl (C=O) groups excluding carboxylic acids is 1. The Morgan fingerprint density at radius 3 is 2.45 bits per heavy atom. The quantitative estimate of drug-likeness (QED) is 0.757. The van der Waals surface area contributed by atoms with Crippen LogP contribution in [0.1, 0.15) is 26.2 Å². The number of piperazine rings is 1. The molecule has 6 heteroatoms. The molecule has 20 heavy (non-hydrogen) atoms. The van der Waals surface area contributed by atoms with E-state index in [0.717, 1.165) is 32.1 Å². The third-order valence-corrected chi connectivity index (χ3v) is 4.00.